The van der Waals surface area contributed by atoms with E-state index in [0.717, 1.165) is 89.7 Å². The van der Waals surface area contributed by atoms with Gasteiger partial charge in [0.15, 0.2) is 0 Å². The highest BCUT2D eigenvalue weighted by molar-refractivity contribution is 5.86. The highest BCUT2D eigenvalue weighted by Crippen LogP contribution is 2.44. The fourth-order valence-electron chi connectivity index (χ4n) is 6.68. The molecule has 9 nitrogen and oxygen atoms in total. The van der Waals surface area contributed by atoms with E-state index in [1.807, 2.05) is 43.5 Å². The molecule has 8 rings (SSSR count). The van der Waals surface area contributed by atoms with Crippen LogP contribution in [0.2, 0.25) is 0 Å². The first-order valence-corrected chi connectivity index (χ1v) is 15.9. The van der Waals surface area contributed by atoms with E-state index in [4.69, 9.17) is 4.98 Å². The molecule has 4 heterocycles. The number of pyridine rings is 2. The monoisotopic (exact) mass is 597 g/mol. The zero-order valence-electron chi connectivity index (χ0n) is 25.3. The van der Waals surface area contributed by atoms with Crippen LogP contribution in [0.4, 0.5) is 0 Å². The number of hydrogen-bond donors (Lipinski definition) is 3. The normalized spacial score (nSPS) is 17.3. The summed E-state index contributed by atoms with van der Waals surface area (Å²) in [6.07, 6.45) is 11.1. The molecular weight excluding hydrogens is 562 g/mol. The predicted molar refractivity (Wildman–Crippen MR) is 172 cm³/mol. The van der Waals surface area contributed by atoms with Gasteiger partial charge in [-0.2, -0.15) is 15.5 Å². The van der Waals surface area contributed by atoms with Crippen LogP contribution in [0.25, 0.3) is 39.1 Å². The first-order valence-electron chi connectivity index (χ1n) is 15.9. The van der Waals surface area contributed by atoms with Gasteiger partial charge in [0.25, 0.3) is 5.56 Å². The van der Waals surface area contributed by atoms with E-state index in [0.29, 0.717) is 35.3 Å². The smallest absolute Gasteiger partial charge is 0.280 e. The number of aliphatic hydroxyl groups is 1. The maximum Gasteiger partial charge on any atom is 0.280 e. The van der Waals surface area contributed by atoms with Gasteiger partial charge in [-0.05, 0) is 116 Å². The molecule has 0 unspecified atom stereocenters. The quantitative estimate of drug-likeness (QED) is 0.196. The number of aliphatic hydroxyl groups excluding tert-OH is 1. The summed E-state index contributed by atoms with van der Waals surface area (Å²) in [6, 6.07) is 16.1. The number of benzene rings is 1. The molecule has 1 aromatic carbocycles. The third-order valence-corrected chi connectivity index (χ3v) is 9.88. The average Bonchev–Trinajstić information content (AvgIpc) is 3.98. The Morgan fingerprint density at radius 1 is 1.09 bits per heavy atom. The second-order valence-corrected chi connectivity index (χ2v) is 13.1. The Kier molecular flexibility index (Phi) is 6.66. The van der Waals surface area contributed by atoms with Crippen molar-refractivity contribution in [2.75, 3.05) is 6.61 Å². The van der Waals surface area contributed by atoms with E-state index >= 15 is 0 Å². The Bertz CT molecular complexity index is 2050. The fraction of sp³-hybridized carbons (Fsp3) is 0.361. The molecule has 3 fully saturated rings. The van der Waals surface area contributed by atoms with Crippen molar-refractivity contribution in [3.63, 3.8) is 0 Å². The van der Waals surface area contributed by atoms with Crippen molar-refractivity contribution in [3.05, 3.63) is 93.3 Å². The maximum atomic E-state index is 14.2. The number of nitrogens with zero attached hydrogens (tertiary/aromatic N) is 5. The van der Waals surface area contributed by atoms with Gasteiger partial charge in [0.1, 0.15) is 11.3 Å². The SMILES string of the molecule is Cc1ccnnc1-c1cc(C#N)ccc1-c1cc(C2CC2)nc(-n2cc(C3CC3)c3cc(CNC4(CO)CCC4)[nH]c3c2=O)c1. The number of aryl methyl sites for hydroxylation is 1. The fourth-order valence-corrected chi connectivity index (χ4v) is 6.68. The van der Waals surface area contributed by atoms with Crippen LogP contribution in [0, 0.1) is 18.3 Å². The van der Waals surface area contributed by atoms with E-state index < -0.39 is 0 Å². The molecular formula is C36H35N7O2. The second-order valence-electron chi connectivity index (χ2n) is 13.1. The zero-order chi connectivity index (χ0) is 30.7. The minimum absolute atomic E-state index is 0.121. The minimum Gasteiger partial charge on any atom is -0.394 e. The van der Waals surface area contributed by atoms with Crippen molar-refractivity contribution in [2.45, 2.75) is 75.8 Å². The van der Waals surface area contributed by atoms with Gasteiger partial charge in [-0.25, -0.2) is 4.98 Å². The number of hydrogen-bond acceptors (Lipinski definition) is 7. The molecule has 226 valence electrons. The van der Waals surface area contributed by atoms with Gasteiger partial charge in [0.05, 0.1) is 23.9 Å². The van der Waals surface area contributed by atoms with Crippen LogP contribution in [0.3, 0.4) is 0 Å². The van der Waals surface area contributed by atoms with Crippen molar-refractivity contribution < 1.29 is 5.11 Å². The topological polar surface area (TPSA) is 133 Å². The summed E-state index contributed by atoms with van der Waals surface area (Å²) in [5.41, 5.74) is 8.25. The molecule has 5 aromatic rings. The molecule has 0 saturated heterocycles. The molecule has 3 aliphatic carbocycles. The predicted octanol–water partition coefficient (Wildman–Crippen LogP) is 5.78. The summed E-state index contributed by atoms with van der Waals surface area (Å²) in [6.45, 7) is 2.68. The molecule has 0 radical (unpaired) electrons. The highest BCUT2D eigenvalue weighted by atomic mass is 16.3. The number of aromatic amines is 1. The van der Waals surface area contributed by atoms with Gasteiger partial charge in [-0.1, -0.05) is 6.07 Å². The Morgan fingerprint density at radius 2 is 1.91 bits per heavy atom. The maximum absolute atomic E-state index is 14.2. The Labute approximate surface area is 261 Å². The van der Waals surface area contributed by atoms with Crippen LogP contribution in [-0.2, 0) is 6.54 Å². The van der Waals surface area contributed by atoms with Gasteiger partial charge in [0, 0.05) is 52.7 Å². The lowest BCUT2D eigenvalue weighted by Gasteiger charge is -2.41. The van der Waals surface area contributed by atoms with E-state index in [1.54, 1.807) is 10.8 Å². The Hall–Kier alpha value is -4.65. The first kappa shape index (κ1) is 27.9. The number of nitriles is 1. The van der Waals surface area contributed by atoms with Crippen molar-refractivity contribution in [1.29, 1.82) is 5.26 Å². The molecule has 3 aliphatic rings. The number of fused-ring (bicyclic) bond motifs is 1. The van der Waals surface area contributed by atoms with Gasteiger partial charge in [-0.3, -0.25) is 9.36 Å². The summed E-state index contributed by atoms with van der Waals surface area (Å²) in [5.74, 6) is 1.37. The summed E-state index contributed by atoms with van der Waals surface area (Å²) in [7, 11) is 0. The number of nitrogens with one attached hydrogen (secondary N) is 2. The third-order valence-electron chi connectivity index (χ3n) is 9.88. The van der Waals surface area contributed by atoms with Crippen molar-refractivity contribution >= 4 is 10.9 Å². The van der Waals surface area contributed by atoms with Crippen molar-refractivity contribution in [2.24, 2.45) is 0 Å². The van der Waals surface area contributed by atoms with Gasteiger partial charge in [-0.15, -0.1) is 0 Å². The number of aromatic nitrogens is 5. The third kappa shape index (κ3) is 5.04. The standard InChI is InChI=1S/C36H35N7O2/c1-21-9-12-39-42-33(21)28-13-22(17-37)3-8-27(28)25-14-31(24-6-7-24)41-32(15-25)43-19-30(23-4-5-23)29-16-26(40-34(29)35(43)45)18-38-36(20-44)10-2-11-36/h3,8-9,12-16,19,23-24,38,40,44H,2,4-7,10-11,18,20H2,1H3. The Morgan fingerprint density at radius 3 is 2.60 bits per heavy atom. The molecule has 3 saturated carbocycles. The lowest BCUT2D eigenvalue weighted by molar-refractivity contribution is 0.0869. The van der Waals surface area contributed by atoms with E-state index in [2.05, 4.69) is 38.7 Å². The molecule has 0 aliphatic heterocycles. The van der Waals surface area contributed by atoms with Crippen LogP contribution < -0.4 is 10.9 Å². The molecule has 45 heavy (non-hydrogen) atoms. The molecule has 3 N–H and O–H groups in total. The lowest BCUT2D eigenvalue weighted by atomic mass is 9.77. The highest BCUT2D eigenvalue weighted by Gasteiger charge is 2.36. The molecule has 9 heteroatoms. The molecule has 4 aromatic heterocycles. The van der Waals surface area contributed by atoms with E-state index in [9.17, 15) is 15.2 Å². The molecule has 0 spiro atoms. The van der Waals surface area contributed by atoms with Gasteiger partial charge in [0.2, 0.25) is 0 Å². The molecule has 0 bridgehead atoms. The minimum atomic E-state index is -0.214. The summed E-state index contributed by atoms with van der Waals surface area (Å²) >= 11 is 0. The average molecular weight is 598 g/mol. The molecule has 0 amide bonds. The first-order chi connectivity index (χ1) is 21.9. The van der Waals surface area contributed by atoms with Crippen LogP contribution in [0.1, 0.15) is 84.9 Å². The van der Waals surface area contributed by atoms with Crippen LogP contribution >= 0.6 is 0 Å². The summed E-state index contributed by atoms with van der Waals surface area (Å²) in [5, 5.41) is 32.7. The summed E-state index contributed by atoms with van der Waals surface area (Å²) in [4.78, 5) is 22.7. The van der Waals surface area contributed by atoms with Crippen LogP contribution in [-0.4, -0.2) is 42.0 Å². The van der Waals surface area contributed by atoms with Crippen molar-refractivity contribution in [1.82, 2.24) is 30.0 Å². The number of H-pyrrole nitrogens is 1. The summed E-state index contributed by atoms with van der Waals surface area (Å²) < 4.78 is 1.72. The largest absolute Gasteiger partial charge is 0.394 e. The van der Waals surface area contributed by atoms with E-state index in [1.165, 1.54) is 5.56 Å². The van der Waals surface area contributed by atoms with E-state index in [-0.39, 0.29) is 17.7 Å². The van der Waals surface area contributed by atoms with Crippen LogP contribution in [0.15, 0.2) is 59.7 Å². The number of rotatable bonds is 9. The second kappa shape index (κ2) is 10.8. The van der Waals surface area contributed by atoms with Gasteiger partial charge >= 0.3 is 0 Å². The van der Waals surface area contributed by atoms with Crippen molar-refractivity contribution in [3.8, 4) is 34.3 Å². The molecule has 0 atom stereocenters. The lowest BCUT2D eigenvalue weighted by Crippen LogP contribution is -2.53. The Balaban J connectivity index is 1.27. The van der Waals surface area contributed by atoms with Gasteiger partial charge < -0.3 is 15.4 Å². The zero-order valence-corrected chi connectivity index (χ0v) is 25.3. The van der Waals surface area contributed by atoms with Crippen LogP contribution in [0.5, 0.6) is 0 Å².